The van der Waals surface area contributed by atoms with Gasteiger partial charge in [0.05, 0.1) is 5.56 Å². The highest BCUT2D eigenvalue weighted by molar-refractivity contribution is 6.07. The van der Waals surface area contributed by atoms with Crippen LogP contribution >= 0.6 is 0 Å². The van der Waals surface area contributed by atoms with Crippen LogP contribution in [-0.4, -0.2) is 54.4 Å². The van der Waals surface area contributed by atoms with Crippen LogP contribution in [0.4, 0.5) is 11.5 Å². The van der Waals surface area contributed by atoms with E-state index in [0.717, 1.165) is 76.3 Å². The molecule has 7 heteroatoms. The molecule has 0 spiro atoms. The molecule has 1 aromatic heterocycles. The smallest absolute Gasteiger partial charge is 0.259 e. The normalized spacial score (nSPS) is 17.6. The van der Waals surface area contributed by atoms with E-state index in [1.54, 1.807) is 6.20 Å². The van der Waals surface area contributed by atoms with Gasteiger partial charge in [0.2, 0.25) is 5.91 Å². The molecule has 2 amide bonds. The average Bonchev–Trinajstić information content (AvgIpc) is 3.34. The molecule has 0 atom stereocenters. The van der Waals surface area contributed by atoms with Gasteiger partial charge in [0, 0.05) is 37.4 Å². The van der Waals surface area contributed by atoms with E-state index in [9.17, 15) is 9.59 Å². The number of carbonyl (C=O) groups is 2. The first kappa shape index (κ1) is 21.3. The Hall–Kier alpha value is -2.93. The number of hydrogen-bond donors (Lipinski definition) is 2. The van der Waals surface area contributed by atoms with E-state index >= 15 is 0 Å². The summed E-state index contributed by atoms with van der Waals surface area (Å²) in [7, 11) is 0. The van der Waals surface area contributed by atoms with Crippen molar-refractivity contribution in [2.75, 3.05) is 42.9 Å². The molecule has 1 aromatic carbocycles. The Morgan fingerprint density at radius 1 is 1.03 bits per heavy atom. The van der Waals surface area contributed by atoms with Gasteiger partial charge in [-0.2, -0.15) is 0 Å². The third-order valence-corrected chi connectivity index (χ3v) is 6.36. The molecule has 2 aliphatic rings. The second-order valence-corrected chi connectivity index (χ2v) is 8.49. The SMILES string of the molecule is NC(=O)C1CCN(CCc2ccc(NC(=O)c3cccnc3N3CCCC3)cc2)CC1. The van der Waals surface area contributed by atoms with E-state index in [-0.39, 0.29) is 17.7 Å². The molecule has 2 fully saturated rings. The molecule has 0 radical (unpaired) electrons. The Balaban J connectivity index is 1.30. The molecule has 0 aliphatic carbocycles. The Labute approximate surface area is 183 Å². The van der Waals surface area contributed by atoms with Crippen LogP contribution in [0.2, 0.25) is 0 Å². The predicted molar refractivity (Wildman–Crippen MR) is 122 cm³/mol. The van der Waals surface area contributed by atoms with E-state index in [1.807, 2.05) is 24.3 Å². The maximum absolute atomic E-state index is 12.9. The van der Waals surface area contributed by atoms with Crippen LogP contribution in [0.25, 0.3) is 0 Å². The number of piperidine rings is 1. The molecule has 0 saturated carbocycles. The van der Waals surface area contributed by atoms with Crippen molar-refractivity contribution >= 4 is 23.3 Å². The van der Waals surface area contributed by atoms with Gasteiger partial charge in [0.1, 0.15) is 5.82 Å². The van der Waals surface area contributed by atoms with Gasteiger partial charge in [0.15, 0.2) is 0 Å². The van der Waals surface area contributed by atoms with Crippen LogP contribution in [0.1, 0.15) is 41.6 Å². The highest BCUT2D eigenvalue weighted by Gasteiger charge is 2.23. The summed E-state index contributed by atoms with van der Waals surface area (Å²) in [5.41, 5.74) is 8.04. The zero-order valence-corrected chi connectivity index (χ0v) is 17.9. The zero-order valence-electron chi connectivity index (χ0n) is 17.9. The van der Waals surface area contributed by atoms with E-state index < -0.39 is 0 Å². The van der Waals surface area contributed by atoms with Crippen molar-refractivity contribution in [3.05, 3.63) is 53.7 Å². The third-order valence-electron chi connectivity index (χ3n) is 6.36. The third kappa shape index (κ3) is 5.41. The van der Waals surface area contributed by atoms with E-state index in [4.69, 9.17) is 5.73 Å². The number of benzene rings is 1. The quantitative estimate of drug-likeness (QED) is 0.717. The van der Waals surface area contributed by atoms with Gasteiger partial charge in [-0.1, -0.05) is 12.1 Å². The molecular weight excluding hydrogens is 390 g/mol. The predicted octanol–water partition coefficient (Wildman–Crippen LogP) is 2.67. The monoisotopic (exact) mass is 421 g/mol. The van der Waals surface area contributed by atoms with Gasteiger partial charge < -0.3 is 20.9 Å². The molecule has 3 N–H and O–H groups in total. The van der Waals surface area contributed by atoms with Crippen LogP contribution in [0.3, 0.4) is 0 Å². The average molecular weight is 422 g/mol. The largest absolute Gasteiger partial charge is 0.369 e. The lowest BCUT2D eigenvalue weighted by Crippen LogP contribution is -2.39. The first-order valence-electron chi connectivity index (χ1n) is 11.2. The van der Waals surface area contributed by atoms with Gasteiger partial charge in [-0.3, -0.25) is 9.59 Å². The molecule has 2 aromatic rings. The lowest BCUT2D eigenvalue weighted by Gasteiger charge is -2.30. The molecular formula is C24H31N5O2. The maximum Gasteiger partial charge on any atom is 0.259 e. The number of hydrogen-bond acceptors (Lipinski definition) is 5. The second kappa shape index (κ2) is 9.92. The Bertz CT molecular complexity index is 900. The van der Waals surface area contributed by atoms with Crippen LogP contribution in [-0.2, 0) is 11.2 Å². The molecule has 3 heterocycles. The maximum atomic E-state index is 12.9. The zero-order chi connectivity index (χ0) is 21.6. The number of aromatic nitrogens is 1. The number of amides is 2. The van der Waals surface area contributed by atoms with Crippen molar-refractivity contribution in [1.29, 1.82) is 0 Å². The summed E-state index contributed by atoms with van der Waals surface area (Å²) in [5.74, 6) is 0.510. The number of carbonyl (C=O) groups excluding carboxylic acids is 2. The number of anilines is 2. The number of pyridine rings is 1. The lowest BCUT2D eigenvalue weighted by molar-refractivity contribution is -0.123. The van der Waals surface area contributed by atoms with E-state index in [2.05, 4.69) is 32.2 Å². The highest BCUT2D eigenvalue weighted by atomic mass is 16.2. The molecule has 7 nitrogen and oxygen atoms in total. The van der Waals surface area contributed by atoms with Crippen LogP contribution in [0.15, 0.2) is 42.6 Å². The van der Waals surface area contributed by atoms with Crippen molar-refractivity contribution in [2.45, 2.75) is 32.1 Å². The summed E-state index contributed by atoms with van der Waals surface area (Å²) < 4.78 is 0. The van der Waals surface area contributed by atoms with Gasteiger partial charge in [-0.15, -0.1) is 0 Å². The lowest BCUT2D eigenvalue weighted by atomic mass is 9.96. The van der Waals surface area contributed by atoms with Crippen molar-refractivity contribution in [2.24, 2.45) is 11.7 Å². The first-order chi connectivity index (χ1) is 15.1. The first-order valence-corrected chi connectivity index (χ1v) is 11.2. The summed E-state index contributed by atoms with van der Waals surface area (Å²) in [5, 5.41) is 3.01. The standard InChI is InChI=1S/C24H31N5O2/c25-22(30)19-10-16-28(17-11-19)15-9-18-5-7-20(8-6-18)27-24(31)21-4-3-12-26-23(21)29-13-1-2-14-29/h3-8,12,19H,1-2,9-11,13-17H2,(H2,25,30)(H,27,31). The molecule has 0 unspecified atom stereocenters. The number of rotatable bonds is 7. The topological polar surface area (TPSA) is 91.6 Å². The fourth-order valence-corrected chi connectivity index (χ4v) is 4.44. The molecule has 2 saturated heterocycles. The van der Waals surface area contributed by atoms with Crippen molar-refractivity contribution < 1.29 is 9.59 Å². The molecule has 164 valence electrons. The summed E-state index contributed by atoms with van der Waals surface area (Å²) in [6.45, 7) is 4.71. The number of likely N-dealkylation sites (tertiary alicyclic amines) is 1. The molecule has 4 rings (SSSR count). The van der Waals surface area contributed by atoms with Crippen molar-refractivity contribution in [3.63, 3.8) is 0 Å². The summed E-state index contributed by atoms with van der Waals surface area (Å²) in [6.07, 6.45) is 6.68. The summed E-state index contributed by atoms with van der Waals surface area (Å²) in [4.78, 5) is 33.2. The Morgan fingerprint density at radius 2 is 1.74 bits per heavy atom. The van der Waals surface area contributed by atoms with Gasteiger partial charge in [-0.05, 0) is 75.0 Å². The van der Waals surface area contributed by atoms with Crippen molar-refractivity contribution in [1.82, 2.24) is 9.88 Å². The van der Waals surface area contributed by atoms with Gasteiger partial charge in [0.25, 0.3) is 5.91 Å². The summed E-state index contributed by atoms with van der Waals surface area (Å²) >= 11 is 0. The Kier molecular flexibility index (Phi) is 6.82. The van der Waals surface area contributed by atoms with Gasteiger partial charge in [-0.25, -0.2) is 4.98 Å². The molecule has 0 bridgehead atoms. The fourth-order valence-electron chi connectivity index (χ4n) is 4.44. The number of nitrogens with zero attached hydrogens (tertiary/aromatic N) is 3. The van der Waals surface area contributed by atoms with Gasteiger partial charge >= 0.3 is 0 Å². The number of primary amides is 1. The van der Waals surface area contributed by atoms with E-state index in [0.29, 0.717) is 5.56 Å². The minimum absolute atomic E-state index is 0.0324. The molecule has 31 heavy (non-hydrogen) atoms. The van der Waals surface area contributed by atoms with E-state index in [1.165, 1.54) is 5.56 Å². The minimum Gasteiger partial charge on any atom is -0.369 e. The highest BCUT2D eigenvalue weighted by Crippen LogP contribution is 2.23. The Morgan fingerprint density at radius 3 is 2.42 bits per heavy atom. The number of nitrogens with two attached hydrogens (primary N) is 1. The van der Waals surface area contributed by atoms with Crippen molar-refractivity contribution in [3.8, 4) is 0 Å². The molecule has 2 aliphatic heterocycles. The van der Waals surface area contributed by atoms with Crippen LogP contribution in [0.5, 0.6) is 0 Å². The van der Waals surface area contributed by atoms with Crippen LogP contribution < -0.4 is 16.0 Å². The minimum atomic E-state index is -0.170. The fraction of sp³-hybridized carbons (Fsp3) is 0.458. The second-order valence-electron chi connectivity index (χ2n) is 8.49. The summed E-state index contributed by atoms with van der Waals surface area (Å²) in [6, 6.07) is 11.7. The number of nitrogens with one attached hydrogen (secondary N) is 1. The van der Waals surface area contributed by atoms with Crippen LogP contribution in [0, 0.1) is 5.92 Å².